The zero-order chi connectivity index (χ0) is 19.1. The van der Waals surface area contributed by atoms with Crippen molar-refractivity contribution in [2.24, 2.45) is 0 Å². The maximum atomic E-state index is 12.3. The van der Waals surface area contributed by atoms with Gasteiger partial charge in [0.05, 0.1) is 12.2 Å². The van der Waals surface area contributed by atoms with Crippen LogP contribution in [0.4, 0.5) is 0 Å². The highest BCUT2D eigenvalue weighted by molar-refractivity contribution is 6.08. The Balaban J connectivity index is 2.06. The van der Waals surface area contributed by atoms with Gasteiger partial charge in [-0.1, -0.05) is 12.1 Å². The number of aromatic hydroxyl groups is 3. The first kappa shape index (κ1) is 19.3. The van der Waals surface area contributed by atoms with Crippen LogP contribution in [-0.4, -0.2) is 53.2 Å². The third-order valence-corrected chi connectivity index (χ3v) is 3.68. The number of phenolic OH excluding ortho intramolecular Hbond substituents is 3. The Morgan fingerprint density at radius 3 is 2.46 bits per heavy atom. The molecule has 0 spiro atoms. The molecule has 0 heterocycles. The second-order valence-electron chi connectivity index (χ2n) is 6.13. The van der Waals surface area contributed by atoms with Crippen molar-refractivity contribution in [3.05, 3.63) is 53.6 Å². The first-order valence-electron chi connectivity index (χ1n) is 8.22. The van der Waals surface area contributed by atoms with Crippen LogP contribution in [0, 0.1) is 0 Å². The molecule has 0 aliphatic heterocycles. The lowest BCUT2D eigenvalue weighted by Gasteiger charge is -2.11. The Hall–Kier alpha value is -2.99. The van der Waals surface area contributed by atoms with Gasteiger partial charge in [-0.3, -0.25) is 4.79 Å². The summed E-state index contributed by atoms with van der Waals surface area (Å²) in [7, 11) is 3.97. The number of benzene rings is 2. The molecule has 0 atom stereocenters. The number of phenols is 3. The molecule has 0 fully saturated rings. The maximum absolute atomic E-state index is 12.3. The van der Waals surface area contributed by atoms with Crippen LogP contribution in [-0.2, 0) is 0 Å². The SMILES string of the molecule is CN(C)CCCOc1ccc(O)c(C(=O)/C=C/c2ccc(O)c(O)c2)c1. The summed E-state index contributed by atoms with van der Waals surface area (Å²) < 4.78 is 5.62. The predicted molar refractivity (Wildman–Crippen MR) is 99.9 cm³/mol. The highest BCUT2D eigenvalue weighted by atomic mass is 16.5. The van der Waals surface area contributed by atoms with E-state index in [0.29, 0.717) is 17.9 Å². The van der Waals surface area contributed by atoms with Crippen molar-refractivity contribution in [2.75, 3.05) is 27.2 Å². The Morgan fingerprint density at radius 1 is 1.04 bits per heavy atom. The highest BCUT2D eigenvalue weighted by Gasteiger charge is 2.10. The fraction of sp³-hybridized carbons (Fsp3) is 0.250. The number of ketones is 1. The van der Waals surface area contributed by atoms with E-state index in [1.807, 2.05) is 14.1 Å². The molecule has 0 amide bonds. The fourth-order valence-corrected chi connectivity index (χ4v) is 2.28. The normalized spacial score (nSPS) is 11.2. The van der Waals surface area contributed by atoms with Crippen molar-refractivity contribution in [2.45, 2.75) is 6.42 Å². The molecule has 0 bridgehead atoms. The van der Waals surface area contributed by atoms with E-state index in [1.54, 1.807) is 12.1 Å². The number of hydrogen-bond acceptors (Lipinski definition) is 6. The molecule has 6 nitrogen and oxygen atoms in total. The number of carbonyl (C=O) groups excluding carboxylic acids is 1. The fourth-order valence-electron chi connectivity index (χ4n) is 2.28. The van der Waals surface area contributed by atoms with Crippen molar-refractivity contribution in [1.29, 1.82) is 0 Å². The van der Waals surface area contributed by atoms with Gasteiger partial charge in [0.1, 0.15) is 11.5 Å². The molecule has 2 aromatic carbocycles. The van der Waals surface area contributed by atoms with Crippen LogP contribution in [0.3, 0.4) is 0 Å². The molecule has 0 saturated heterocycles. The minimum atomic E-state index is -0.395. The Morgan fingerprint density at radius 2 is 1.77 bits per heavy atom. The van der Waals surface area contributed by atoms with Gasteiger partial charge in [-0.15, -0.1) is 0 Å². The first-order valence-corrected chi connectivity index (χ1v) is 8.22. The molecule has 0 aromatic heterocycles. The van der Waals surface area contributed by atoms with Gasteiger partial charge in [0.2, 0.25) is 0 Å². The van der Waals surface area contributed by atoms with Gasteiger partial charge < -0.3 is 25.0 Å². The van der Waals surface area contributed by atoms with Gasteiger partial charge >= 0.3 is 0 Å². The summed E-state index contributed by atoms with van der Waals surface area (Å²) in [6.07, 6.45) is 3.63. The molecule has 2 rings (SSSR count). The van der Waals surface area contributed by atoms with E-state index in [-0.39, 0.29) is 22.8 Å². The number of rotatable bonds is 8. The molecular weight excluding hydrogens is 334 g/mol. The van der Waals surface area contributed by atoms with E-state index < -0.39 is 5.78 Å². The molecule has 0 radical (unpaired) electrons. The summed E-state index contributed by atoms with van der Waals surface area (Å²) in [6.45, 7) is 1.41. The average Bonchev–Trinajstić information content (AvgIpc) is 2.60. The Bertz CT molecular complexity index is 799. The second kappa shape index (κ2) is 8.92. The molecule has 138 valence electrons. The third-order valence-electron chi connectivity index (χ3n) is 3.68. The average molecular weight is 357 g/mol. The van der Waals surface area contributed by atoms with E-state index in [1.165, 1.54) is 36.4 Å². The standard InChI is InChI=1S/C20H23NO5/c1-21(2)10-3-11-26-15-6-9-18(23)16(13-15)17(22)7-4-14-5-8-19(24)20(25)12-14/h4-9,12-13,23-25H,3,10-11H2,1-2H3/b7-4+. The van der Waals surface area contributed by atoms with Crippen molar-refractivity contribution in [3.63, 3.8) is 0 Å². The molecule has 26 heavy (non-hydrogen) atoms. The topological polar surface area (TPSA) is 90.2 Å². The van der Waals surface area contributed by atoms with Gasteiger partial charge in [-0.05, 0) is 62.5 Å². The van der Waals surface area contributed by atoms with Crippen molar-refractivity contribution >= 4 is 11.9 Å². The lowest BCUT2D eigenvalue weighted by molar-refractivity contribution is 0.104. The first-order chi connectivity index (χ1) is 12.4. The van der Waals surface area contributed by atoms with E-state index in [4.69, 9.17) is 4.74 Å². The number of allylic oxidation sites excluding steroid dienone is 1. The van der Waals surface area contributed by atoms with Gasteiger partial charge in [0.25, 0.3) is 0 Å². The van der Waals surface area contributed by atoms with E-state index in [0.717, 1.165) is 13.0 Å². The van der Waals surface area contributed by atoms with Crippen LogP contribution in [0.5, 0.6) is 23.0 Å². The van der Waals surface area contributed by atoms with E-state index >= 15 is 0 Å². The number of nitrogens with zero attached hydrogens (tertiary/aromatic N) is 1. The summed E-state index contributed by atoms with van der Waals surface area (Å²) in [5.41, 5.74) is 0.679. The molecule has 3 N–H and O–H groups in total. The van der Waals surface area contributed by atoms with Crippen molar-refractivity contribution in [1.82, 2.24) is 4.90 Å². The van der Waals surface area contributed by atoms with Crippen LogP contribution >= 0.6 is 0 Å². The van der Waals surface area contributed by atoms with Gasteiger partial charge in [0.15, 0.2) is 17.3 Å². The monoisotopic (exact) mass is 357 g/mol. The molecule has 0 saturated carbocycles. The minimum Gasteiger partial charge on any atom is -0.507 e. The maximum Gasteiger partial charge on any atom is 0.189 e. The predicted octanol–water partition coefficient (Wildman–Crippen LogP) is 3.03. The smallest absolute Gasteiger partial charge is 0.189 e. The molecule has 0 aliphatic carbocycles. The van der Waals surface area contributed by atoms with Gasteiger partial charge in [-0.2, -0.15) is 0 Å². The van der Waals surface area contributed by atoms with Crippen LogP contribution in [0.2, 0.25) is 0 Å². The summed E-state index contributed by atoms with van der Waals surface area (Å²) in [4.78, 5) is 14.4. The Kier molecular flexibility index (Phi) is 6.63. The summed E-state index contributed by atoms with van der Waals surface area (Å²) in [6, 6.07) is 8.77. The largest absolute Gasteiger partial charge is 0.507 e. The van der Waals surface area contributed by atoms with Crippen LogP contribution in [0.1, 0.15) is 22.3 Å². The number of ether oxygens (including phenoxy) is 1. The Labute approximate surface area is 152 Å². The molecule has 6 heteroatoms. The van der Waals surface area contributed by atoms with Crippen LogP contribution < -0.4 is 4.74 Å². The second-order valence-corrected chi connectivity index (χ2v) is 6.13. The lowest BCUT2D eigenvalue weighted by Crippen LogP contribution is -2.15. The lowest BCUT2D eigenvalue weighted by atomic mass is 10.1. The van der Waals surface area contributed by atoms with Crippen LogP contribution in [0.15, 0.2) is 42.5 Å². The zero-order valence-corrected chi connectivity index (χ0v) is 14.8. The summed E-state index contributed by atoms with van der Waals surface area (Å²) >= 11 is 0. The molecule has 0 aliphatic rings. The number of carbonyl (C=O) groups is 1. The third kappa shape index (κ3) is 5.53. The van der Waals surface area contributed by atoms with Crippen molar-refractivity contribution in [3.8, 4) is 23.0 Å². The molecule has 0 unspecified atom stereocenters. The summed E-state index contributed by atoms with van der Waals surface area (Å²) in [5, 5.41) is 28.7. The number of hydrogen-bond donors (Lipinski definition) is 3. The van der Waals surface area contributed by atoms with Gasteiger partial charge in [-0.25, -0.2) is 0 Å². The zero-order valence-electron chi connectivity index (χ0n) is 14.8. The molecule has 2 aromatic rings. The quantitative estimate of drug-likeness (QED) is 0.291. The molecular formula is C20H23NO5. The van der Waals surface area contributed by atoms with E-state index in [2.05, 4.69) is 4.90 Å². The minimum absolute atomic E-state index is 0.131. The van der Waals surface area contributed by atoms with Gasteiger partial charge in [0, 0.05) is 6.54 Å². The van der Waals surface area contributed by atoms with Crippen LogP contribution in [0.25, 0.3) is 6.08 Å². The summed E-state index contributed by atoms with van der Waals surface area (Å²) in [5.74, 6) is -0.510. The van der Waals surface area contributed by atoms with Crippen molar-refractivity contribution < 1.29 is 24.9 Å². The van der Waals surface area contributed by atoms with E-state index in [9.17, 15) is 20.1 Å². The highest BCUT2D eigenvalue weighted by Crippen LogP contribution is 2.26.